The maximum absolute atomic E-state index is 12.8. The molecule has 0 aromatic heterocycles. The number of aliphatic hydroxyl groups excluding tert-OH is 2. The molecule has 2 heterocycles. The maximum Gasteiger partial charge on any atom is 0.328 e. The molecule has 0 amide bonds. The Balaban J connectivity index is 2.00. The molecule has 2 N–H and O–H groups in total. The number of hydrogen-bond donors (Lipinski definition) is 2. The molecular formula is C14H30B2O11P2. The molecule has 0 saturated carbocycles. The number of rotatable bonds is 10. The molecule has 2 fully saturated rings. The van der Waals surface area contributed by atoms with Gasteiger partial charge in [-0.05, 0) is 0 Å². The van der Waals surface area contributed by atoms with Crippen LogP contribution in [0.25, 0.3) is 0 Å². The molecule has 0 spiro atoms. The molecule has 2 rings (SSSR count). The Labute approximate surface area is 172 Å². The minimum absolute atomic E-state index is 0.153. The lowest BCUT2D eigenvalue weighted by Crippen LogP contribution is -2.38. The van der Waals surface area contributed by atoms with Gasteiger partial charge in [-0.25, -0.2) is 0 Å². The van der Waals surface area contributed by atoms with Crippen LogP contribution in [0.3, 0.4) is 0 Å². The van der Waals surface area contributed by atoms with Crippen LogP contribution in [0.1, 0.15) is 0 Å². The van der Waals surface area contributed by atoms with E-state index in [1.165, 1.54) is 27.5 Å². The smallest absolute Gasteiger partial charge is 0.328 e. The van der Waals surface area contributed by atoms with Crippen molar-refractivity contribution in [1.82, 2.24) is 0 Å². The molecule has 2 aliphatic rings. The standard InChI is InChI=1S/C14H30B2O11P2/c1-21-5-7-11(9(17)13(15)24-7)27-29(4,20)23-6-8-12(10(18)14(16)25-8)26-28(3,19)22-2/h7-14,17-18H,5-6,15-16H2,1-4H3/t7-,8-,9+,10+,11?,12?,13-,14-,28?,29?/m1/s1. The van der Waals surface area contributed by atoms with E-state index in [-0.39, 0.29) is 13.2 Å². The second-order valence-corrected chi connectivity index (χ2v) is 11.5. The van der Waals surface area contributed by atoms with Crippen LogP contribution in [0.15, 0.2) is 0 Å². The summed E-state index contributed by atoms with van der Waals surface area (Å²) in [6.45, 7) is 2.43. The zero-order valence-electron chi connectivity index (χ0n) is 17.5. The van der Waals surface area contributed by atoms with E-state index in [2.05, 4.69) is 0 Å². The monoisotopic (exact) mass is 458 g/mol. The van der Waals surface area contributed by atoms with Gasteiger partial charge in [0.15, 0.2) is 0 Å². The van der Waals surface area contributed by atoms with Gasteiger partial charge < -0.3 is 33.5 Å². The molecule has 2 saturated heterocycles. The van der Waals surface area contributed by atoms with Gasteiger partial charge in [-0.3, -0.25) is 18.2 Å². The minimum Gasteiger partial charge on any atom is -0.388 e. The highest BCUT2D eigenvalue weighted by Gasteiger charge is 2.47. The Morgan fingerprint density at radius 2 is 1.31 bits per heavy atom. The van der Waals surface area contributed by atoms with Gasteiger partial charge >= 0.3 is 15.2 Å². The number of aliphatic hydroxyl groups is 2. The Hall–Kier alpha value is 0.230. The van der Waals surface area contributed by atoms with Gasteiger partial charge in [-0.15, -0.1) is 0 Å². The molecule has 10 atom stereocenters. The van der Waals surface area contributed by atoms with E-state index >= 15 is 0 Å². The summed E-state index contributed by atoms with van der Waals surface area (Å²) in [5.74, 6) is 0. The molecule has 0 aromatic carbocycles. The van der Waals surface area contributed by atoms with Crippen molar-refractivity contribution in [1.29, 1.82) is 0 Å². The van der Waals surface area contributed by atoms with Crippen LogP contribution in [-0.2, 0) is 41.4 Å². The summed E-state index contributed by atoms with van der Waals surface area (Å²) in [6, 6.07) is -1.13. The van der Waals surface area contributed by atoms with Gasteiger partial charge in [-0.2, -0.15) is 0 Å². The first-order valence-electron chi connectivity index (χ1n) is 9.29. The Morgan fingerprint density at radius 1 is 0.862 bits per heavy atom. The lowest BCUT2D eigenvalue weighted by molar-refractivity contribution is -0.0251. The molecular weight excluding hydrogens is 428 g/mol. The predicted octanol–water partition coefficient (Wildman–Crippen LogP) is -1.85. The molecule has 168 valence electrons. The van der Waals surface area contributed by atoms with Gasteiger partial charge in [0.05, 0.1) is 25.2 Å². The molecule has 0 bridgehead atoms. The highest BCUT2D eigenvalue weighted by atomic mass is 31.2. The molecule has 0 aliphatic carbocycles. The number of hydrogen-bond acceptors (Lipinski definition) is 11. The second-order valence-electron chi connectivity index (χ2n) is 7.36. The average molecular weight is 458 g/mol. The third kappa shape index (κ3) is 6.60. The van der Waals surface area contributed by atoms with Crippen molar-refractivity contribution >= 4 is 30.9 Å². The van der Waals surface area contributed by atoms with Crippen molar-refractivity contribution < 1.29 is 51.6 Å². The summed E-state index contributed by atoms with van der Waals surface area (Å²) in [7, 11) is -1.04. The lowest BCUT2D eigenvalue weighted by Gasteiger charge is -2.27. The Kier molecular flexibility index (Phi) is 8.99. The van der Waals surface area contributed by atoms with Crippen LogP contribution in [0.5, 0.6) is 0 Å². The minimum atomic E-state index is -3.66. The first-order chi connectivity index (χ1) is 13.4. The number of ether oxygens (including phenoxy) is 3. The van der Waals surface area contributed by atoms with Crippen LogP contribution in [0, 0.1) is 0 Å². The Morgan fingerprint density at radius 3 is 1.76 bits per heavy atom. The van der Waals surface area contributed by atoms with Crippen molar-refractivity contribution in [3.63, 3.8) is 0 Å². The molecule has 0 aromatic rings. The molecule has 29 heavy (non-hydrogen) atoms. The molecule has 4 unspecified atom stereocenters. The maximum atomic E-state index is 12.8. The van der Waals surface area contributed by atoms with Crippen LogP contribution in [0.4, 0.5) is 0 Å². The molecule has 15 heteroatoms. The van der Waals surface area contributed by atoms with E-state index in [1.807, 2.05) is 0 Å². The molecule has 11 nitrogen and oxygen atoms in total. The lowest BCUT2D eigenvalue weighted by atomic mass is 9.93. The van der Waals surface area contributed by atoms with Crippen LogP contribution >= 0.6 is 15.2 Å². The van der Waals surface area contributed by atoms with Crippen molar-refractivity contribution in [3.8, 4) is 0 Å². The normalized spacial score (nSPS) is 41.9. The SMILES string of the molecule is B[C@@H]1O[C@H](COP(C)(=O)OC2[C@@H](COC)O[C@@H](B)[C@H]2O)C(OP(C)(=O)OC)[C@@H]1O. The fraction of sp³-hybridized carbons (Fsp3) is 1.00. The summed E-state index contributed by atoms with van der Waals surface area (Å²) >= 11 is 0. The highest BCUT2D eigenvalue weighted by molar-refractivity contribution is 7.53. The summed E-state index contributed by atoms with van der Waals surface area (Å²) in [5.41, 5.74) is 0. The van der Waals surface area contributed by atoms with Gasteiger partial charge in [-0.1, -0.05) is 0 Å². The third-order valence-electron chi connectivity index (χ3n) is 4.91. The van der Waals surface area contributed by atoms with Gasteiger partial charge in [0, 0.05) is 27.5 Å². The van der Waals surface area contributed by atoms with Gasteiger partial charge in [0.2, 0.25) is 0 Å². The molecule has 0 radical (unpaired) electrons. The Bertz CT molecular complexity index is 641. The van der Waals surface area contributed by atoms with Crippen LogP contribution < -0.4 is 0 Å². The number of methoxy groups -OCH3 is 1. The van der Waals surface area contributed by atoms with E-state index in [4.69, 9.17) is 32.3 Å². The summed E-state index contributed by atoms with van der Waals surface area (Å²) < 4.78 is 62.4. The average Bonchev–Trinajstić information content (AvgIpc) is 3.05. The van der Waals surface area contributed by atoms with Crippen molar-refractivity contribution in [2.45, 2.75) is 48.6 Å². The first-order valence-corrected chi connectivity index (χ1v) is 13.3. The zero-order chi connectivity index (χ0) is 22.0. The fourth-order valence-corrected chi connectivity index (χ4v) is 5.23. The highest BCUT2D eigenvalue weighted by Crippen LogP contribution is 2.50. The molecule has 2 aliphatic heterocycles. The van der Waals surface area contributed by atoms with Gasteiger partial charge in [0.25, 0.3) is 0 Å². The largest absolute Gasteiger partial charge is 0.388 e. The summed E-state index contributed by atoms with van der Waals surface area (Å²) in [5, 5.41) is 20.5. The van der Waals surface area contributed by atoms with E-state index in [0.717, 1.165) is 0 Å². The van der Waals surface area contributed by atoms with E-state index < -0.39 is 63.8 Å². The van der Waals surface area contributed by atoms with Crippen LogP contribution in [0.2, 0.25) is 0 Å². The predicted molar refractivity (Wildman–Crippen MR) is 108 cm³/mol. The summed E-state index contributed by atoms with van der Waals surface area (Å²) in [4.78, 5) is 0. The van der Waals surface area contributed by atoms with E-state index in [1.54, 1.807) is 15.7 Å². The van der Waals surface area contributed by atoms with Gasteiger partial charge in [0.1, 0.15) is 52.3 Å². The van der Waals surface area contributed by atoms with Crippen molar-refractivity contribution in [2.24, 2.45) is 0 Å². The van der Waals surface area contributed by atoms with E-state index in [0.29, 0.717) is 0 Å². The fourth-order valence-electron chi connectivity index (χ4n) is 3.26. The quantitative estimate of drug-likeness (QED) is 0.282. The zero-order valence-corrected chi connectivity index (χ0v) is 19.3. The third-order valence-corrected chi connectivity index (χ3v) is 7.44. The second kappa shape index (κ2) is 10.2. The van der Waals surface area contributed by atoms with E-state index in [9.17, 15) is 19.3 Å². The summed E-state index contributed by atoms with van der Waals surface area (Å²) in [6.07, 6.45) is -5.41. The van der Waals surface area contributed by atoms with Crippen LogP contribution in [-0.4, -0.2) is 115 Å². The first kappa shape index (κ1) is 25.5. The van der Waals surface area contributed by atoms with Crippen molar-refractivity contribution in [3.05, 3.63) is 0 Å². The van der Waals surface area contributed by atoms with Crippen molar-refractivity contribution in [2.75, 3.05) is 40.8 Å². The topological polar surface area (TPSA) is 139 Å².